The summed E-state index contributed by atoms with van der Waals surface area (Å²) in [5.74, 6) is 1.94. The molecule has 0 radical (unpaired) electrons. The van der Waals surface area contributed by atoms with E-state index in [0.29, 0.717) is 6.61 Å². The van der Waals surface area contributed by atoms with Crippen molar-refractivity contribution in [3.63, 3.8) is 0 Å². The fourth-order valence-electron chi connectivity index (χ4n) is 4.97. The number of fused-ring (bicyclic) bond motifs is 4. The van der Waals surface area contributed by atoms with Crippen molar-refractivity contribution in [3.05, 3.63) is 53.6 Å². The zero-order chi connectivity index (χ0) is 20.7. The third-order valence-electron chi connectivity index (χ3n) is 6.59. The number of hydrogen-bond donors (Lipinski definition) is 1. The van der Waals surface area contributed by atoms with Crippen LogP contribution in [-0.4, -0.2) is 52.7 Å². The van der Waals surface area contributed by atoms with Crippen LogP contribution < -0.4 is 9.47 Å². The molecular formula is C24H29N3O3. The Labute approximate surface area is 177 Å². The number of hydrogen-bond acceptors (Lipinski definition) is 6. The van der Waals surface area contributed by atoms with Gasteiger partial charge in [-0.1, -0.05) is 31.2 Å². The van der Waals surface area contributed by atoms with E-state index in [1.165, 1.54) is 0 Å². The number of nitrogens with zero attached hydrogens (tertiary/aromatic N) is 3. The van der Waals surface area contributed by atoms with E-state index < -0.39 is 5.72 Å². The lowest BCUT2D eigenvalue weighted by atomic mass is 9.90. The van der Waals surface area contributed by atoms with E-state index in [9.17, 15) is 5.11 Å². The Kier molecular flexibility index (Phi) is 4.82. The number of piperidine rings is 1. The van der Waals surface area contributed by atoms with Crippen molar-refractivity contribution in [3.8, 4) is 17.2 Å². The summed E-state index contributed by atoms with van der Waals surface area (Å²) in [7, 11) is 0. The van der Waals surface area contributed by atoms with E-state index in [4.69, 9.17) is 14.6 Å². The average Bonchev–Trinajstić information content (AvgIpc) is 3.22. The summed E-state index contributed by atoms with van der Waals surface area (Å²) in [6, 6.07) is 13.7. The van der Waals surface area contributed by atoms with Gasteiger partial charge in [-0.15, -0.1) is 0 Å². The van der Waals surface area contributed by atoms with Crippen LogP contribution in [0.1, 0.15) is 50.3 Å². The van der Waals surface area contributed by atoms with Gasteiger partial charge in [-0.3, -0.25) is 0 Å². The third kappa shape index (κ3) is 3.01. The number of phenolic OH excluding ortho intramolecular Hbond substituents is 1. The fraction of sp³-hybridized carbons (Fsp3) is 0.458. The Morgan fingerprint density at radius 1 is 1.13 bits per heavy atom. The van der Waals surface area contributed by atoms with Crippen LogP contribution in [0.5, 0.6) is 17.2 Å². The number of likely N-dealkylation sites (tertiary alicyclic amines) is 1. The number of para-hydroxylation sites is 2. The van der Waals surface area contributed by atoms with Gasteiger partial charge < -0.3 is 19.5 Å². The van der Waals surface area contributed by atoms with Gasteiger partial charge in [-0.25, -0.2) is 5.01 Å². The lowest BCUT2D eigenvalue weighted by molar-refractivity contribution is -0.150. The monoisotopic (exact) mass is 407 g/mol. The van der Waals surface area contributed by atoms with Gasteiger partial charge in [0.05, 0.1) is 18.4 Å². The van der Waals surface area contributed by atoms with Crippen molar-refractivity contribution < 1.29 is 14.6 Å². The first-order chi connectivity index (χ1) is 14.6. The minimum absolute atomic E-state index is 0.0805. The Morgan fingerprint density at radius 2 is 1.93 bits per heavy atom. The van der Waals surface area contributed by atoms with Crippen molar-refractivity contribution in [2.75, 3.05) is 26.2 Å². The summed E-state index contributed by atoms with van der Waals surface area (Å²) in [6.07, 6.45) is 2.51. The van der Waals surface area contributed by atoms with Gasteiger partial charge >= 0.3 is 0 Å². The molecule has 2 aromatic rings. The van der Waals surface area contributed by atoms with Crippen molar-refractivity contribution in [2.24, 2.45) is 5.10 Å². The molecule has 0 amide bonds. The molecule has 0 saturated carbocycles. The van der Waals surface area contributed by atoms with Crippen LogP contribution >= 0.6 is 0 Å². The number of phenols is 1. The first kappa shape index (κ1) is 19.2. The summed E-state index contributed by atoms with van der Waals surface area (Å²) in [5.41, 5.74) is 2.34. The summed E-state index contributed by atoms with van der Waals surface area (Å²) < 4.78 is 12.7. The van der Waals surface area contributed by atoms with Gasteiger partial charge in [0.15, 0.2) is 11.5 Å². The van der Waals surface area contributed by atoms with E-state index in [1.54, 1.807) is 6.07 Å². The van der Waals surface area contributed by atoms with Crippen LogP contribution in [0.25, 0.3) is 0 Å². The highest BCUT2D eigenvalue weighted by Gasteiger charge is 2.52. The Hall–Kier alpha value is -2.73. The molecule has 0 aliphatic carbocycles. The fourth-order valence-corrected chi connectivity index (χ4v) is 4.97. The van der Waals surface area contributed by atoms with Crippen LogP contribution in [0.3, 0.4) is 0 Å². The number of hydrazone groups is 1. The lowest BCUT2D eigenvalue weighted by Gasteiger charge is -2.51. The number of ether oxygens (including phenoxy) is 2. The highest BCUT2D eigenvalue weighted by Crippen LogP contribution is 2.53. The molecule has 1 spiro atoms. The minimum atomic E-state index is -0.483. The van der Waals surface area contributed by atoms with Gasteiger partial charge in [-0.2, -0.15) is 5.10 Å². The summed E-state index contributed by atoms with van der Waals surface area (Å²) in [6.45, 7) is 7.81. The van der Waals surface area contributed by atoms with Crippen LogP contribution in [-0.2, 0) is 0 Å². The molecule has 3 aliphatic rings. The van der Waals surface area contributed by atoms with Crippen molar-refractivity contribution in [1.29, 1.82) is 0 Å². The highest BCUT2D eigenvalue weighted by molar-refractivity contribution is 6.04. The highest BCUT2D eigenvalue weighted by atomic mass is 16.6. The quantitative estimate of drug-likeness (QED) is 0.825. The van der Waals surface area contributed by atoms with Crippen LogP contribution in [0, 0.1) is 0 Å². The second-order valence-corrected chi connectivity index (χ2v) is 8.22. The molecule has 1 N–H and O–H groups in total. The van der Waals surface area contributed by atoms with Gasteiger partial charge in [0.2, 0.25) is 5.72 Å². The first-order valence-electron chi connectivity index (χ1n) is 11.0. The van der Waals surface area contributed by atoms with E-state index in [2.05, 4.69) is 22.9 Å². The molecule has 30 heavy (non-hydrogen) atoms. The van der Waals surface area contributed by atoms with E-state index in [1.807, 2.05) is 37.3 Å². The molecule has 158 valence electrons. The van der Waals surface area contributed by atoms with E-state index >= 15 is 0 Å². The van der Waals surface area contributed by atoms with Crippen molar-refractivity contribution in [2.45, 2.75) is 44.9 Å². The van der Waals surface area contributed by atoms with Gasteiger partial charge in [0, 0.05) is 43.5 Å². The van der Waals surface area contributed by atoms with Crippen LogP contribution in [0.15, 0.2) is 47.6 Å². The topological polar surface area (TPSA) is 57.5 Å². The molecule has 6 nitrogen and oxygen atoms in total. The van der Waals surface area contributed by atoms with Gasteiger partial charge in [0.1, 0.15) is 5.75 Å². The standard InChI is InChI=1S/C24H29N3O3/c1-3-26-14-12-24(13-15-26)27-20(16-19(25-27)17-8-5-6-10-21(17)28)18-9-7-11-22(29-4-2)23(18)30-24/h5-11,20,28H,3-4,12-16H2,1-2H3. The molecule has 3 aliphatic heterocycles. The van der Waals surface area contributed by atoms with E-state index in [-0.39, 0.29) is 11.8 Å². The van der Waals surface area contributed by atoms with Crippen molar-refractivity contribution >= 4 is 5.71 Å². The van der Waals surface area contributed by atoms with Gasteiger partial charge in [-0.05, 0) is 31.7 Å². The molecule has 2 aromatic carbocycles. The lowest BCUT2D eigenvalue weighted by Crippen LogP contribution is -2.59. The van der Waals surface area contributed by atoms with Crippen molar-refractivity contribution in [1.82, 2.24) is 9.91 Å². The second-order valence-electron chi connectivity index (χ2n) is 8.22. The van der Waals surface area contributed by atoms with E-state index in [0.717, 1.165) is 67.2 Å². The molecule has 1 saturated heterocycles. The zero-order valence-electron chi connectivity index (χ0n) is 17.7. The Balaban J connectivity index is 1.59. The maximum atomic E-state index is 10.4. The maximum Gasteiger partial charge on any atom is 0.200 e. The molecule has 0 bridgehead atoms. The Morgan fingerprint density at radius 3 is 2.67 bits per heavy atom. The van der Waals surface area contributed by atoms with Gasteiger partial charge in [0.25, 0.3) is 0 Å². The predicted octanol–water partition coefficient (Wildman–Crippen LogP) is 4.15. The first-order valence-corrected chi connectivity index (χ1v) is 11.0. The Bertz CT molecular complexity index is 966. The minimum Gasteiger partial charge on any atom is -0.507 e. The molecule has 1 fully saturated rings. The molecule has 3 heterocycles. The molecule has 1 unspecified atom stereocenters. The second kappa shape index (κ2) is 7.51. The molecule has 1 atom stereocenters. The normalized spacial score (nSPS) is 22.3. The predicted molar refractivity (Wildman–Crippen MR) is 116 cm³/mol. The summed E-state index contributed by atoms with van der Waals surface area (Å²) >= 11 is 0. The third-order valence-corrected chi connectivity index (χ3v) is 6.59. The average molecular weight is 408 g/mol. The summed E-state index contributed by atoms with van der Waals surface area (Å²) in [4.78, 5) is 2.46. The molecule has 5 rings (SSSR count). The number of aromatic hydroxyl groups is 1. The SMILES string of the molecule is CCOc1cccc2c1OC1(CCN(CC)CC1)N1N=C(c3ccccc3O)CC21. The zero-order valence-corrected chi connectivity index (χ0v) is 17.7. The van der Waals surface area contributed by atoms with Crippen LogP contribution in [0.4, 0.5) is 0 Å². The molecule has 6 heteroatoms. The number of rotatable bonds is 4. The molecule has 0 aromatic heterocycles. The number of benzene rings is 2. The van der Waals surface area contributed by atoms with Crippen LogP contribution in [0.2, 0.25) is 0 Å². The smallest absolute Gasteiger partial charge is 0.200 e. The maximum absolute atomic E-state index is 10.4. The summed E-state index contributed by atoms with van der Waals surface area (Å²) in [5, 5.41) is 17.7. The molecular weight excluding hydrogens is 378 g/mol. The largest absolute Gasteiger partial charge is 0.507 e.